The van der Waals surface area contributed by atoms with Gasteiger partial charge >= 0.3 is 0 Å². The maximum Gasteiger partial charge on any atom is 0.167 e. The van der Waals surface area contributed by atoms with Gasteiger partial charge in [-0.3, -0.25) is 9.78 Å². The van der Waals surface area contributed by atoms with Gasteiger partial charge in [0.1, 0.15) is 17.2 Å². The largest absolute Gasteiger partial charge is 0.383 e. The van der Waals surface area contributed by atoms with Gasteiger partial charge in [0.2, 0.25) is 0 Å². The summed E-state index contributed by atoms with van der Waals surface area (Å²) in [7, 11) is -3.10. The van der Waals surface area contributed by atoms with Crippen LogP contribution in [0.1, 0.15) is 17.3 Å². The lowest BCUT2D eigenvalue weighted by Gasteiger charge is -2.29. The van der Waals surface area contributed by atoms with Crippen LogP contribution in [0.3, 0.4) is 0 Å². The number of sulfone groups is 1. The van der Waals surface area contributed by atoms with Gasteiger partial charge in [-0.25, -0.2) is 13.4 Å². The standard InChI is InChI=1S/C21H19ClN6O3S/c1-12(29)18-19(23)28-20(26-21(18)27-4-6-32(30,31)7-5-27)16(11-25-28)14-8-13-9-15(22)2-3-17(13)24-10-14/h2-3,8-11H,4-7,23H2,1H3. The van der Waals surface area contributed by atoms with Gasteiger partial charge in [0.05, 0.1) is 23.2 Å². The fraction of sp³-hybridized carbons (Fsp3) is 0.238. The van der Waals surface area contributed by atoms with Crippen molar-refractivity contribution in [2.75, 3.05) is 35.2 Å². The molecule has 1 aliphatic heterocycles. The number of ketones is 1. The van der Waals surface area contributed by atoms with E-state index in [4.69, 9.17) is 22.3 Å². The number of fused-ring (bicyclic) bond motifs is 2. The number of pyridine rings is 1. The number of hydrogen-bond donors (Lipinski definition) is 1. The van der Waals surface area contributed by atoms with Gasteiger partial charge in [0, 0.05) is 40.8 Å². The number of nitrogens with zero attached hydrogens (tertiary/aromatic N) is 5. The quantitative estimate of drug-likeness (QED) is 0.453. The van der Waals surface area contributed by atoms with Gasteiger partial charge in [-0.1, -0.05) is 11.6 Å². The SMILES string of the molecule is CC(=O)c1c(N2CCS(=O)(=O)CC2)nc2c(-c3cnc4ccc(Cl)cc4c3)cnn2c1N. The number of nitrogen functional groups attached to an aromatic ring is 1. The molecule has 0 radical (unpaired) electrons. The van der Waals surface area contributed by atoms with Gasteiger partial charge in [-0.2, -0.15) is 9.61 Å². The number of halogens is 1. The number of anilines is 2. The third-order valence-electron chi connectivity index (χ3n) is 5.61. The molecule has 164 valence electrons. The topological polar surface area (TPSA) is 124 Å². The third-order valence-corrected chi connectivity index (χ3v) is 7.46. The molecule has 1 saturated heterocycles. The van der Waals surface area contributed by atoms with E-state index in [1.54, 1.807) is 23.4 Å². The van der Waals surface area contributed by atoms with Crippen molar-refractivity contribution >= 4 is 55.4 Å². The number of hydrogen-bond acceptors (Lipinski definition) is 8. The highest BCUT2D eigenvalue weighted by atomic mass is 35.5. The van der Waals surface area contributed by atoms with Crippen molar-refractivity contribution in [2.24, 2.45) is 0 Å². The van der Waals surface area contributed by atoms with E-state index in [2.05, 4.69) is 10.1 Å². The lowest BCUT2D eigenvalue weighted by Crippen LogP contribution is -2.41. The normalized spacial score (nSPS) is 16.0. The van der Waals surface area contributed by atoms with Crippen molar-refractivity contribution in [3.05, 3.63) is 47.2 Å². The third kappa shape index (κ3) is 3.45. The molecule has 0 spiro atoms. The fourth-order valence-electron chi connectivity index (χ4n) is 3.95. The molecule has 1 fully saturated rings. The molecule has 0 aliphatic carbocycles. The van der Waals surface area contributed by atoms with Crippen LogP contribution in [-0.4, -0.2) is 58.4 Å². The molecule has 1 aliphatic rings. The lowest BCUT2D eigenvalue weighted by molar-refractivity contribution is 0.101. The highest BCUT2D eigenvalue weighted by Gasteiger charge is 2.28. The summed E-state index contributed by atoms with van der Waals surface area (Å²) >= 11 is 6.13. The van der Waals surface area contributed by atoms with E-state index in [0.717, 1.165) is 16.5 Å². The smallest absolute Gasteiger partial charge is 0.167 e. The number of Topliss-reactive ketones (excluding diaryl/α,β-unsaturated/α-hetero) is 1. The van der Waals surface area contributed by atoms with Gasteiger partial charge in [-0.05, 0) is 31.2 Å². The predicted octanol–water partition coefficient (Wildman–Crippen LogP) is 2.62. The van der Waals surface area contributed by atoms with Crippen LogP contribution < -0.4 is 10.6 Å². The summed E-state index contributed by atoms with van der Waals surface area (Å²) in [5.41, 5.74) is 9.29. The summed E-state index contributed by atoms with van der Waals surface area (Å²) in [6.45, 7) is 1.89. The second-order valence-electron chi connectivity index (χ2n) is 7.75. The first-order valence-corrected chi connectivity index (χ1v) is 12.1. The molecule has 11 heteroatoms. The highest BCUT2D eigenvalue weighted by Crippen LogP contribution is 2.32. The van der Waals surface area contributed by atoms with Gasteiger partial charge < -0.3 is 10.6 Å². The van der Waals surface area contributed by atoms with Crippen molar-refractivity contribution in [1.82, 2.24) is 19.6 Å². The molecule has 4 aromatic rings. The van der Waals surface area contributed by atoms with Crippen LogP contribution in [0, 0.1) is 0 Å². The minimum atomic E-state index is -3.10. The zero-order valence-electron chi connectivity index (χ0n) is 17.1. The predicted molar refractivity (Wildman–Crippen MR) is 124 cm³/mol. The second-order valence-corrected chi connectivity index (χ2v) is 10.5. The summed E-state index contributed by atoms with van der Waals surface area (Å²) in [4.78, 5) is 23.5. The molecule has 0 amide bonds. The Labute approximate surface area is 188 Å². The summed E-state index contributed by atoms with van der Waals surface area (Å²) < 4.78 is 25.2. The van der Waals surface area contributed by atoms with Crippen LogP contribution in [0.15, 0.2) is 36.7 Å². The number of aromatic nitrogens is 4. The molecule has 2 N–H and O–H groups in total. The minimum absolute atomic E-state index is 0.00141. The van der Waals surface area contributed by atoms with Crippen LogP contribution in [-0.2, 0) is 9.84 Å². The Kier molecular flexibility index (Phi) is 4.79. The number of nitrogens with two attached hydrogens (primary N) is 1. The summed E-state index contributed by atoms with van der Waals surface area (Å²) in [5, 5.41) is 5.82. The Morgan fingerprint density at radius 2 is 1.91 bits per heavy atom. The zero-order chi connectivity index (χ0) is 22.6. The molecule has 32 heavy (non-hydrogen) atoms. The van der Waals surface area contributed by atoms with E-state index in [9.17, 15) is 13.2 Å². The summed E-state index contributed by atoms with van der Waals surface area (Å²) in [6.07, 6.45) is 3.34. The lowest BCUT2D eigenvalue weighted by atomic mass is 10.1. The summed E-state index contributed by atoms with van der Waals surface area (Å²) in [6, 6.07) is 7.39. The first-order chi connectivity index (χ1) is 15.2. The molecule has 4 heterocycles. The number of carbonyl (C=O) groups is 1. The monoisotopic (exact) mass is 470 g/mol. The molecule has 1 aromatic carbocycles. The zero-order valence-corrected chi connectivity index (χ0v) is 18.7. The minimum Gasteiger partial charge on any atom is -0.383 e. The van der Waals surface area contributed by atoms with Crippen LogP contribution in [0.25, 0.3) is 27.7 Å². The molecule has 5 rings (SSSR count). The first-order valence-electron chi connectivity index (χ1n) is 9.93. The van der Waals surface area contributed by atoms with Gasteiger partial charge in [-0.15, -0.1) is 0 Å². The van der Waals surface area contributed by atoms with Crippen molar-refractivity contribution in [2.45, 2.75) is 6.92 Å². The van der Waals surface area contributed by atoms with Crippen molar-refractivity contribution < 1.29 is 13.2 Å². The molecular weight excluding hydrogens is 452 g/mol. The summed E-state index contributed by atoms with van der Waals surface area (Å²) in [5.74, 6) is 0.265. The van der Waals surface area contributed by atoms with Crippen LogP contribution in [0.4, 0.5) is 11.6 Å². The van der Waals surface area contributed by atoms with E-state index in [-0.39, 0.29) is 41.8 Å². The van der Waals surface area contributed by atoms with Crippen molar-refractivity contribution in [3.8, 4) is 11.1 Å². The average molecular weight is 471 g/mol. The maximum absolute atomic E-state index is 12.4. The van der Waals surface area contributed by atoms with E-state index in [1.165, 1.54) is 11.4 Å². The van der Waals surface area contributed by atoms with Crippen LogP contribution in [0.2, 0.25) is 5.02 Å². The Bertz CT molecular complexity index is 1500. The van der Waals surface area contributed by atoms with E-state index in [0.29, 0.717) is 22.1 Å². The Hall–Kier alpha value is -3.24. The fourth-order valence-corrected chi connectivity index (χ4v) is 5.33. The Morgan fingerprint density at radius 3 is 2.62 bits per heavy atom. The van der Waals surface area contributed by atoms with Gasteiger partial charge in [0.15, 0.2) is 21.3 Å². The van der Waals surface area contributed by atoms with Crippen LogP contribution in [0.5, 0.6) is 0 Å². The molecule has 0 bridgehead atoms. The first kappa shape index (κ1) is 20.7. The molecule has 0 atom stereocenters. The molecule has 9 nitrogen and oxygen atoms in total. The Balaban J connectivity index is 1.69. The van der Waals surface area contributed by atoms with E-state index >= 15 is 0 Å². The van der Waals surface area contributed by atoms with Crippen LogP contribution >= 0.6 is 11.6 Å². The van der Waals surface area contributed by atoms with Crippen molar-refractivity contribution in [3.63, 3.8) is 0 Å². The van der Waals surface area contributed by atoms with E-state index in [1.807, 2.05) is 18.2 Å². The Morgan fingerprint density at radius 1 is 1.16 bits per heavy atom. The van der Waals surface area contributed by atoms with Crippen molar-refractivity contribution in [1.29, 1.82) is 0 Å². The number of benzene rings is 1. The number of rotatable bonds is 3. The number of carbonyl (C=O) groups excluding carboxylic acids is 1. The molecular formula is C21H19ClN6O3S. The second kappa shape index (κ2) is 7.42. The molecule has 0 unspecified atom stereocenters. The van der Waals surface area contributed by atoms with E-state index < -0.39 is 9.84 Å². The molecule has 0 saturated carbocycles. The average Bonchev–Trinajstić information content (AvgIpc) is 3.17. The maximum atomic E-state index is 12.4. The highest BCUT2D eigenvalue weighted by molar-refractivity contribution is 7.91. The molecule has 3 aromatic heterocycles. The van der Waals surface area contributed by atoms with Gasteiger partial charge in [0.25, 0.3) is 0 Å².